The molecule has 13 heavy (non-hydrogen) atoms. The molecule has 0 aliphatic carbocycles. The van der Waals surface area contributed by atoms with Crippen LogP contribution in [0, 0.1) is 0 Å². The van der Waals surface area contributed by atoms with Crippen molar-refractivity contribution in [2.75, 3.05) is 11.9 Å². The van der Waals surface area contributed by atoms with Gasteiger partial charge in [0.05, 0.1) is 0 Å². The lowest BCUT2D eigenvalue weighted by Crippen LogP contribution is -2.28. The van der Waals surface area contributed by atoms with Crippen LogP contribution in [0.1, 0.15) is 13.8 Å². The van der Waals surface area contributed by atoms with Crippen LogP contribution in [0.3, 0.4) is 0 Å². The molecule has 0 aromatic carbocycles. The Balaban J connectivity index is 2.41. The van der Waals surface area contributed by atoms with E-state index in [9.17, 15) is 4.79 Å². The van der Waals surface area contributed by atoms with E-state index in [1.54, 1.807) is 6.92 Å². The smallest absolute Gasteiger partial charge is 0.255 e. The molecule has 0 aliphatic heterocycles. The molecule has 6 nitrogen and oxygen atoms in total. The number of anilines is 1. The molecular formula is C7H12N4O2. The molecule has 1 unspecified atom stereocenters. The van der Waals surface area contributed by atoms with Crippen molar-refractivity contribution >= 4 is 11.9 Å². The third kappa shape index (κ3) is 2.83. The van der Waals surface area contributed by atoms with Crippen molar-refractivity contribution in [1.29, 1.82) is 0 Å². The molecule has 0 bridgehead atoms. The topological polar surface area (TPSA) is 79.9 Å². The third-order valence-electron chi connectivity index (χ3n) is 1.44. The number of ether oxygens (including phenoxy) is 1. The molecule has 1 heterocycles. The van der Waals surface area contributed by atoms with E-state index in [4.69, 9.17) is 4.74 Å². The van der Waals surface area contributed by atoms with Gasteiger partial charge >= 0.3 is 0 Å². The van der Waals surface area contributed by atoms with Crippen LogP contribution in [0.5, 0.6) is 0 Å². The second-order valence-corrected chi connectivity index (χ2v) is 2.42. The van der Waals surface area contributed by atoms with Gasteiger partial charge in [0.25, 0.3) is 5.91 Å². The number of nitrogens with zero attached hydrogens (tertiary/aromatic N) is 2. The highest BCUT2D eigenvalue weighted by Crippen LogP contribution is 1.97. The Morgan fingerprint density at radius 3 is 3.15 bits per heavy atom. The lowest BCUT2D eigenvalue weighted by atomic mass is 10.4. The molecule has 1 aromatic heterocycles. The number of carbonyl (C=O) groups excluding carboxylic acids is 1. The molecule has 2 N–H and O–H groups in total. The van der Waals surface area contributed by atoms with Crippen LogP contribution in [-0.2, 0) is 9.53 Å². The second kappa shape index (κ2) is 4.56. The quantitative estimate of drug-likeness (QED) is 0.699. The number of hydrogen-bond acceptors (Lipinski definition) is 4. The van der Waals surface area contributed by atoms with Crippen molar-refractivity contribution in [2.45, 2.75) is 20.0 Å². The van der Waals surface area contributed by atoms with Crippen molar-refractivity contribution in [3.05, 3.63) is 6.33 Å². The highest BCUT2D eigenvalue weighted by Gasteiger charge is 2.13. The van der Waals surface area contributed by atoms with Gasteiger partial charge in [-0.25, -0.2) is 5.10 Å². The van der Waals surface area contributed by atoms with Crippen LogP contribution in [0.2, 0.25) is 0 Å². The number of nitrogens with one attached hydrogen (secondary N) is 2. The van der Waals surface area contributed by atoms with Crippen molar-refractivity contribution in [3.8, 4) is 0 Å². The zero-order valence-electron chi connectivity index (χ0n) is 7.57. The van der Waals surface area contributed by atoms with Gasteiger partial charge in [-0.15, -0.1) is 0 Å². The van der Waals surface area contributed by atoms with Gasteiger partial charge < -0.3 is 4.74 Å². The second-order valence-electron chi connectivity index (χ2n) is 2.42. The number of carbonyl (C=O) groups is 1. The summed E-state index contributed by atoms with van der Waals surface area (Å²) >= 11 is 0. The Hall–Kier alpha value is -1.43. The number of aromatic nitrogens is 3. The predicted molar refractivity (Wildman–Crippen MR) is 46.1 cm³/mol. The van der Waals surface area contributed by atoms with Crippen LogP contribution in [0.4, 0.5) is 5.95 Å². The monoisotopic (exact) mass is 184 g/mol. The minimum Gasteiger partial charge on any atom is -0.369 e. The summed E-state index contributed by atoms with van der Waals surface area (Å²) in [4.78, 5) is 15.0. The first-order valence-corrected chi connectivity index (χ1v) is 4.02. The third-order valence-corrected chi connectivity index (χ3v) is 1.44. The lowest BCUT2D eigenvalue weighted by molar-refractivity contribution is -0.126. The molecule has 1 aromatic rings. The summed E-state index contributed by atoms with van der Waals surface area (Å²) in [5.41, 5.74) is 0. The molecule has 0 saturated heterocycles. The van der Waals surface area contributed by atoms with Gasteiger partial charge in [0.2, 0.25) is 5.95 Å². The molecular weight excluding hydrogens is 172 g/mol. The Morgan fingerprint density at radius 1 is 1.85 bits per heavy atom. The van der Waals surface area contributed by atoms with Crippen LogP contribution in [0.15, 0.2) is 6.33 Å². The van der Waals surface area contributed by atoms with E-state index in [-0.39, 0.29) is 5.91 Å². The number of hydrogen-bond donors (Lipinski definition) is 2. The zero-order chi connectivity index (χ0) is 9.68. The van der Waals surface area contributed by atoms with Gasteiger partial charge in [-0.3, -0.25) is 10.1 Å². The summed E-state index contributed by atoms with van der Waals surface area (Å²) in [6.45, 7) is 4.01. The fraction of sp³-hybridized carbons (Fsp3) is 0.571. The van der Waals surface area contributed by atoms with Crippen molar-refractivity contribution in [3.63, 3.8) is 0 Å². The zero-order valence-corrected chi connectivity index (χ0v) is 7.57. The first-order valence-electron chi connectivity index (χ1n) is 4.02. The van der Waals surface area contributed by atoms with Crippen LogP contribution >= 0.6 is 0 Å². The largest absolute Gasteiger partial charge is 0.369 e. The van der Waals surface area contributed by atoms with Crippen molar-refractivity contribution in [2.24, 2.45) is 0 Å². The molecule has 0 fully saturated rings. The van der Waals surface area contributed by atoms with E-state index in [0.717, 1.165) is 0 Å². The summed E-state index contributed by atoms with van der Waals surface area (Å²) in [6, 6.07) is 0. The molecule has 1 rings (SSSR count). The lowest BCUT2D eigenvalue weighted by Gasteiger charge is -2.09. The minimum atomic E-state index is -0.477. The molecule has 0 radical (unpaired) electrons. The van der Waals surface area contributed by atoms with E-state index in [0.29, 0.717) is 12.6 Å². The van der Waals surface area contributed by atoms with Gasteiger partial charge in [-0.1, -0.05) is 0 Å². The SMILES string of the molecule is CCOC(C)C(=O)Nc1ncn[nH]1. The summed E-state index contributed by atoms with van der Waals surface area (Å²) in [7, 11) is 0. The van der Waals surface area contributed by atoms with Gasteiger partial charge in [0.1, 0.15) is 12.4 Å². The van der Waals surface area contributed by atoms with Gasteiger partial charge in [-0.05, 0) is 13.8 Å². The van der Waals surface area contributed by atoms with Crippen LogP contribution in [-0.4, -0.2) is 33.8 Å². The highest BCUT2D eigenvalue weighted by molar-refractivity contribution is 5.92. The van der Waals surface area contributed by atoms with E-state index in [1.807, 2.05) is 6.92 Å². The van der Waals surface area contributed by atoms with Gasteiger partial charge in [-0.2, -0.15) is 10.1 Å². The fourth-order valence-corrected chi connectivity index (χ4v) is 0.810. The molecule has 0 saturated carbocycles. The summed E-state index contributed by atoms with van der Waals surface area (Å²) in [6.07, 6.45) is 0.844. The molecule has 0 spiro atoms. The fourth-order valence-electron chi connectivity index (χ4n) is 0.810. The predicted octanol–water partition coefficient (Wildman–Crippen LogP) is 0.168. The minimum absolute atomic E-state index is 0.237. The number of H-pyrrole nitrogens is 1. The maximum atomic E-state index is 11.3. The molecule has 6 heteroatoms. The summed E-state index contributed by atoms with van der Waals surface area (Å²) in [5.74, 6) is 0.0927. The number of aromatic amines is 1. The molecule has 1 amide bonds. The van der Waals surface area contributed by atoms with Crippen molar-refractivity contribution in [1.82, 2.24) is 15.2 Å². The maximum absolute atomic E-state index is 11.3. The van der Waals surface area contributed by atoms with E-state index >= 15 is 0 Å². The Bertz CT molecular complexity index is 259. The van der Waals surface area contributed by atoms with E-state index in [2.05, 4.69) is 20.5 Å². The summed E-state index contributed by atoms with van der Waals surface area (Å²) < 4.78 is 5.08. The summed E-state index contributed by atoms with van der Waals surface area (Å²) in [5, 5.41) is 8.62. The van der Waals surface area contributed by atoms with E-state index in [1.165, 1.54) is 6.33 Å². The van der Waals surface area contributed by atoms with Crippen LogP contribution in [0.25, 0.3) is 0 Å². The molecule has 72 valence electrons. The van der Waals surface area contributed by atoms with Gasteiger partial charge in [0.15, 0.2) is 0 Å². The first kappa shape index (κ1) is 9.66. The van der Waals surface area contributed by atoms with Gasteiger partial charge in [0, 0.05) is 6.61 Å². The normalized spacial score (nSPS) is 12.5. The molecule has 1 atom stereocenters. The Labute approximate surface area is 75.7 Å². The molecule has 0 aliphatic rings. The Morgan fingerprint density at radius 2 is 2.62 bits per heavy atom. The highest BCUT2D eigenvalue weighted by atomic mass is 16.5. The van der Waals surface area contributed by atoms with Crippen LogP contribution < -0.4 is 5.32 Å². The van der Waals surface area contributed by atoms with Crippen molar-refractivity contribution < 1.29 is 9.53 Å². The average molecular weight is 184 g/mol. The number of rotatable bonds is 4. The number of amides is 1. The Kier molecular flexibility index (Phi) is 3.39. The standard InChI is InChI=1S/C7H12N4O2/c1-3-13-5(2)6(12)10-7-8-4-9-11-7/h4-5H,3H2,1-2H3,(H2,8,9,10,11,12). The average Bonchev–Trinajstić information content (AvgIpc) is 2.57. The van der Waals surface area contributed by atoms with E-state index < -0.39 is 6.10 Å². The maximum Gasteiger partial charge on any atom is 0.255 e. The first-order chi connectivity index (χ1) is 6.24.